The van der Waals surface area contributed by atoms with Crippen molar-refractivity contribution in [2.24, 2.45) is 0 Å². The van der Waals surface area contributed by atoms with E-state index < -0.39 is 21.9 Å². The van der Waals surface area contributed by atoms with E-state index >= 15 is 0 Å². The summed E-state index contributed by atoms with van der Waals surface area (Å²) in [5.41, 5.74) is 1.08. The standard InChI is InChI=1S/C19H20O6S/c1-13(18(20)15-7-9-17(24-2)10-8-15)25-19(21)16-6-4-5-14(11-16)12-26(3,22)23/h4-11,13H,12H2,1-3H3/t13-/m0/s1. The topological polar surface area (TPSA) is 86.7 Å². The van der Waals surface area contributed by atoms with Gasteiger partial charge in [-0.25, -0.2) is 13.2 Å². The van der Waals surface area contributed by atoms with E-state index in [-0.39, 0.29) is 17.1 Å². The second kappa shape index (κ2) is 8.14. The smallest absolute Gasteiger partial charge is 0.338 e. The van der Waals surface area contributed by atoms with Gasteiger partial charge in [0, 0.05) is 11.8 Å². The van der Waals surface area contributed by atoms with Crippen LogP contribution in [0.5, 0.6) is 5.75 Å². The molecule has 2 rings (SSSR count). The van der Waals surface area contributed by atoms with E-state index in [4.69, 9.17) is 9.47 Å². The van der Waals surface area contributed by atoms with E-state index in [9.17, 15) is 18.0 Å². The Hall–Kier alpha value is -2.67. The van der Waals surface area contributed by atoms with Crippen LogP contribution in [0.3, 0.4) is 0 Å². The van der Waals surface area contributed by atoms with Crippen molar-refractivity contribution in [2.75, 3.05) is 13.4 Å². The summed E-state index contributed by atoms with van der Waals surface area (Å²) in [6, 6.07) is 12.6. The molecule has 7 heteroatoms. The van der Waals surface area contributed by atoms with E-state index in [0.29, 0.717) is 16.9 Å². The number of carbonyl (C=O) groups is 2. The molecule has 0 saturated heterocycles. The molecule has 2 aromatic rings. The van der Waals surface area contributed by atoms with Crippen molar-refractivity contribution in [2.45, 2.75) is 18.8 Å². The first-order valence-electron chi connectivity index (χ1n) is 7.85. The molecule has 0 bridgehead atoms. The fraction of sp³-hybridized carbons (Fsp3) is 0.263. The van der Waals surface area contributed by atoms with Crippen molar-refractivity contribution in [3.05, 3.63) is 65.2 Å². The van der Waals surface area contributed by atoms with Gasteiger partial charge in [0.05, 0.1) is 18.4 Å². The van der Waals surface area contributed by atoms with Gasteiger partial charge in [-0.15, -0.1) is 0 Å². The quantitative estimate of drug-likeness (QED) is 0.545. The van der Waals surface area contributed by atoms with Crippen molar-refractivity contribution in [1.82, 2.24) is 0 Å². The minimum absolute atomic E-state index is 0.172. The first-order chi connectivity index (χ1) is 12.2. The van der Waals surface area contributed by atoms with Gasteiger partial charge in [-0.3, -0.25) is 4.79 Å². The third-order valence-electron chi connectivity index (χ3n) is 3.62. The number of rotatable bonds is 7. The second-order valence-corrected chi connectivity index (χ2v) is 8.05. The number of benzene rings is 2. The monoisotopic (exact) mass is 376 g/mol. The molecule has 0 radical (unpaired) electrons. The summed E-state index contributed by atoms with van der Waals surface area (Å²) >= 11 is 0. The average molecular weight is 376 g/mol. The third-order valence-corrected chi connectivity index (χ3v) is 4.48. The van der Waals surface area contributed by atoms with E-state index in [0.717, 1.165) is 6.26 Å². The Kier molecular flexibility index (Phi) is 6.15. The van der Waals surface area contributed by atoms with Gasteiger partial charge >= 0.3 is 5.97 Å². The first kappa shape index (κ1) is 19.7. The molecule has 0 aromatic heterocycles. The molecule has 0 aliphatic heterocycles. The zero-order chi connectivity index (χ0) is 19.3. The van der Waals surface area contributed by atoms with Gasteiger partial charge in [-0.2, -0.15) is 0 Å². The number of esters is 1. The van der Waals surface area contributed by atoms with Crippen molar-refractivity contribution >= 4 is 21.6 Å². The molecule has 0 aliphatic rings. The van der Waals surface area contributed by atoms with E-state index in [1.54, 1.807) is 36.4 Å². The summed E-state index contributed by atoms with van der Waals surface area (Å²) in [6.45, 7) is 1.49. The Morgan fingerprint density at radius 2 is 1.69 bits per heavy atom. The van der Waals surface area contributed by atoms with Gasteiger partial charge in [-0.1, -0.05) is 12.1 Å². The van der Waals surface area contributed by atoms with Gasteiger partial charge in [0.1, 0.15) is 5.75 Å². The van der Waals surface area contributed by atoms with Crippen LogP contribution in [0.2, 0.25) is 0 Å². The Morgan fingerprint density at radius 3 is 2.27 bits per heavy atom. The van der Waals surface area contributed by atoms with Crippen LogP contribution in [0.15, 0.2) is 48.5 Å². The second-order valence-electron chi connectivity index (χ2n) is 5.91. The van der Waals surface area contributed by atoms with E-state index in [1.165, 1.54) is 26.2 Å². The number of hydrogen-bond donors (Lipinski definition) is 0. The van der Waals surface area contributed by atoms with E-state index in [1.807, 2.05) is 0 Å². The molecule has 0 unspecified atom stereocenters. The predicted octanol–water partition coefficient (Wildman–Crippen LogP) is 2.67. The molecule has 1 atom stereocenters. The zero-order valence-electron chi connectivity index (χ0n) is 14.8. The SMILES string of the molecule is COc1ccc(C(=O)[C@H](C)OC(=O)c2cccc(CS(C)(=O)=O)c2)cc1. The fourth-order valence-electron chi connectivity index (χ4n) is 2.36. The number of Topliss-reactive ketones (excluding diaryl/α,β-unsaturated/α-hetero) is 1. The minimum Gasteiger partial charge on any atom is -0.497 e. The number of ether oxygens (including phenoxy) is 2. The Bertz CT molecular complexity index is 900. The predicted molar refractivity (Wildman–Crippen MR) is 97.2 cm³/mol. The first-order valence-corrected chi connectivity index (χ1v) is 9.91. The highest BCUT2D eigenvalue weighted by Crippen LogP contribution is 2.15. The lowest BCUT2D eigenvalue weighted by Gasteiger charge is -2.13. The van der Waals surface area contributed by atoms with Crippen molar-refractivity contribution < 1.29 is 27.5 Å². The molecule has 0 saturated carbocycles. The lowest BCUT2D eigenvalue weighted by Crippen LogP contribution is -2.24. The Labute approximate surface area is 152 Å². The van der Waals surface area contributed by atoms with Crippen LogP contribution in [-0.2, 0) is 20.3 Å². The summed E-state index contributed by atoms with van der Waals surface area (Å²) in [5.74, 6) is -0.578. The largest absolute Gasteiger partial charge is 0.497 e. The molecule has 0 N–H and O–H groups in total. The van der Waals surface area contributed by atoms with Crippen LogP contribution < -0.4 is 4.74 Å². The van der Waals surface area contributed by atoms with Crippen molar-refractivity contribution in [3.63, 3.8) is 0 Å². The van der Waals surface area contributed by atoms with Gasteiger partial charge in [0.25, 0.3) is 0 Å². The number of sulfone groups is 1. The average Bonchev–Trinajstić information content (AvgIpc) is 2.59. The van der Waals surface area contributed by atoms with Crippen LogP contribution in [0, 0.1) is 0 Å². The maximum absolute atomic E-state index is 12.4. The number of ketones is 1. The minimum atomic E-state index is -3.21. The molecule has 0 heterocycles. The summed E-state index contributed by atoms with van der Waals surface area (Å²) in [6.07, 6.45) is 0.141. The van der Waals surface area contributed by atoms with Crippen molar-refractivity contribution in [3.8, 4) is 5.75 Å². The van der Waals surface area contributed by atoms with Gasteiger partial charge in [-0.05, 0) is 48.9 Å². The van der Waals surface area contributed by atoms with Gasteiger partial charge < -0.3 is 9.47 Å². The molecular weight excluding hydrogens is 356 g/mol. The molecule has 6 nitrogen and oxygen atoms in total. The highest BCUT2D eigenvalue weighted by Gasteiger charge is 2.21. The lowest BCUT2D eigenvalue weighted by molar-refractivity contribution is 0.0318. The van der Waals surface area contributed by atoms with Crippen LogP contribution in [0.1, 0.15) is 33.2 Å². The lowest BCUT2D eigenvalue weighted by atomic mass is 10.1. The zero-order valence-corrected chi connectivity index (χ0v) is 15.6. The highest BCUT2D eigenvalue weighted by molar-refractivity contribution is 7.89. The van der Waals surface area contributed by atoms with Gasteiger partial charge in [0.2, 0.25) is 5.78 Å². The summed E-state index contributed by atoms with van der Waals surface area (Å²) < 4.78 is 33.0. The Balaban J connectivity index is 2.08. The number of carbonyl (C=O) groups excluding carboxylic acids is 2. The number of methoxy groups -OCH3 is 1. The van der Waals surface area contributed by atoms with Crippen LogP contribution in [-0.4, -0.2) is 39.6 Å². The Morgan fingerprint density at radius 1 is 1.04 bits per heavy atom. The summed E-state index contributed by atoms with van der Waals surface area (Å²) in [5, 5.41) is 0. The van der Waals surface area contributed by atoms with Crippen LogP contribution >= 0.6 is 0 Å². The molecule has 26 heavy (non-hydrogen) atoms. The molecule has 0 fully saturated rings. The third kappa shape index (κ3) is 5.42. The molecule has 0 aliphatic carbocycles. The molecule has 0 spiro atoms. The fourth-order valence-corrected chi connectivity index (χ4v) is 3.15. The van der Waals surface area contributed by atoms with E-state index in [2.05, 4.69) is 0 Å². The summed E-state index contributed by atoms with van der Waals surface area (Å²) in [7, 11) is -1.69. The normalized spacial score (nSPS) is 12.3. The molecule has 138 valence electrons. The molecule has 0 amide bonds. The highest BCUT2D eigenvalue weighted by atomic mass is 32.2. The maximum Gasteiger partial charge on any atom is 0.338 e. The van der Waals surface area contributed by atoms with Crippen molar-refractivity contribution in [1.29, 1.82) is 0 Å². The molecular formula is C19H20O6S. The number of hydrogen-bond acceptors (Lipinski definition) is 6. The van der Waals surface area contributed by atoms with Crippen LogP contribution in [0.4, 0.5) is 0 Å². The molecule has 2 aromatic carbocycles. The maximum atomic E-state index is 12.4. The summed E-state index contributed by atoms with van der Waals surface area (Å²) in [4.78, 5) is 24.6. The van der Waals surface area contributed by atoms with Gasteiger partial charge in [0.15, 0.2) is 15.9 Å². The van der Waals surface area contributed by atoms with Crippen LogP contribution in [0.25, 0.3) is 0 Å².